The zero-order chi connectivity index (χ0) is 11.0. The fourth-order valence-corrected chi connectivity index (χ4v) is 1.95. The molecule has 0 aliphatic heterocycles. The first-order valence-corrected chi connectivity index (χ1v) is 6.37. The summed E-state index contributed by atoms with van der Waals surface area (Å²) in [4.78, 5) is 11.3. The Morgan fingerprint density at radius 1 is 1.29 bits per heavy atom. The molecule has 1 N–H and O–H groups in total. The Hall–Kier alpha value is -0.0200. The van der Waals surface area contributed by atoms with E-state index in [9.17, 15) is 4.79 Å². The predicted molar refractivity (Wildman–Crippen MR) is 66.7 cm³/mol. The van der Waals surface area contributed by atoms with Gasteiger partial charge in [-0.15, -0.1) is 0 Å². The van der Waals surface area contributed by atoms with Gasteiger partial charge in [-0.3, -0.25) is 4.79 Å². The van der Waals surface area contributed by atoms with Gasteiger partial charge in [0.1, 0.15) is 0 Å². The van der Waals surface area contributed by atoms with Crippen LogP contribution < -0.4 is 5.32 Å². The zero-order valence-corrected chi connectivity index (χ0v) is 10.6. The van der Waals surface area contributed by atoms with Gasteiger partial charge in [0.25, 0.3) is 0 Å². The summed E-state index contributed by atoms with van der Waals surface area (Å²) < 4.78 is 0. The second kappa shape index (κ2) is 8.30. The molecule has 0 aliphatic rings. The van der Waals surface area contributed by atoms with Crippen molar-refractivity contribution in [1.29, 1.82) is 0 Å². The molecule has 0 aromatic carbocycles. The molecule has 0 amide bonds. The van der Waals surface area contributed by atoms with Crippen molar-refractivity contribution in [3.05, 3.63) is 0 Å². The van der Waals surface area contributed by atoms with Crippen LogP contribution in [-0.2, 0) is 4.79 Å². The van der Waals surface area contributed by atoms with Crippen LogP contribution >= 0.6 is 11.8 Å². The first kappa shape index (κ1) is 14.0. The molecule has 0 fully saturated rings. The average molecular weight is 219 g/mol. The summed E-state index contributed by atoms with van der Waals surface area (Å²) in [5.41, 5.74) is 0. The number of nitrogens with one attached hydrogen (secondary N) is 1. The molecule has 3 heteroatoms. The van der Waals surface area contributed by atoms with Crippen molar-refractivity contribution in [2.24, 2.45) is 11.8 Å². The number of hydrogen-bond acceptors (Lipinski definition) is 3. The van der Waals surface area contributed by atoms with Gasteiger partial charge < -0.3 is 5.32 Å². The van der Waals surface area contributed by atoms with E-state index in [-0.39, 0.29) is 1.43 Å². The molecule has 0 radical (unpaired) electrons. The smallest absolute Gasteiger partial charge is 0.189 e. The monoisotopic (exact) mass is 219 g/mol. The summed E-state index contributed by atoms with van der Waals surface area (Å²) in [5, 5.41) is 3.65. The molecule has 0 saturated carbocycles. The predicted octanol–water partition coefficient (Wildman–Crippen LogP) is 2.78. The Bertz CT molecular complexity index is 163. The fourth-order valence-electron chi connectivity index (χ4n) is 1.02. The summed E-state index contributed by atoms with van der Waals surface area (Å²) in [6.07, 6.45) is 0.703. The molecular formula is C11H25NOS. The molecule has 2 nitrogen and oxygen atoms in total. The Balaban J connectivity index is 0. The molecule has 86 valence electrons. The minimum atomic E-state index is 0. The first-order chi connectivity index (χ1) is 6.52. The second-order valence-electron chi connectivity index (χ2n) is 4.42. The SMILES string of the molecule is CC(C)CNCCSC(=O)CC(C)C.[HH]. The topological polar surface area (TPSA) is 29.1 Å². The van der Waals surface area contributed by atoms with E-state index in [4.69, 9.17) is 0 Å². The molecule has 0 heterocycles. The Kier molecular flexibility index (Phi) is 8.29. The quantitative estimate of drug-likeness (QED) is 0.668. The maximum atomic E-state index is 11.3. The molecule has 0 aliphatic carbocycles. The molecule has 0 atom stereocenters. The van der Waals surface area contributed by atoms with Gasteiger partial charge in [0.05, 0.1) is 0 Å². The van der Waals surface area contributed by atoms with Crippen LogP contribution in [0.25, 0.3) is 0 Å². The zero-order valence-electron chi connectivity index (χ0n) is 9.80. The van der Waals surface area contributed by atoms with Crippen molar-refractivity contribution >= 4 is 16.9 Å². The molecule has 0 saturated heterocycles. The largest absolute Gasteiger partial charge is 0.316 e. The highest BCUT2D eigenvalue weighted by molar-refractivity contribution is 8.13. The fraction of sp³-hybridized carbons (Fsp3) is 0.909. The lowest BCUT2D eigenvalue weighted by Crippen LogP contribution is -2.22. The number of carbonyl (C=O) groups is 1. The van der Waals surface area contributed by atoms with Crippen LogP contribution in [-0.4, -0.2) is 24.0 Å². The number of rotatable bonds is 7. The summed E-state index contributed by atoms with van der Waals surface area (Å²) in [6, 6.07) is 0. The van der Waals surface area contributed by atoms with Crippen molar-refractivity contribution in [1.82, 2.24) is 5.32 Å². The van der Waals surface area contributed by atoms with Crippen molar-refractivity contribution < 1.29 is 6.22 Å². The van der Waals surface area contributed by atoms with E-state index in [1.165, 1.54) is 11.8 Å². The van der Waals surface area contributed by atoms with E-state index in [1.807, 2.05) is 0 Å². The molecule has 0 aromatic heterocycles. The van der Waals surface area contributed by atoms with Crippen LogP contribution in [0.15, 0.2) is 0 Å². The average Bonchev–Trinajstić information content (AvgIpc) is 2.01. The highest BCUT2D eigenvalue weighted by Crippen LogP contribution is 2.10. The van der Waals surface area contributed by atoms with Crippen LogP contribution in [0.3, 0.4) is 0 Å². The van der Waals surface area contributed by atoms with Gasteiger partial charge in [0.2, 0.25) is 0 Å². The molecule has 0 spiro atoms. The van der Waals surface area contributed by atoms with Gasteiger partial charge in [-0.25, -0.2) is 0 Å². The number of hydrogen-bond donors (Lipinski definition) is 1. The maximum Gasteiger partial charge on any atom is 0.189 e. The lowest BCUT2D eigenvalue weighted by atomic mass is 10.2. The Morgan fingerprint density at radius 3 is 2.43 bits per heavy atom. The van der Waals surface area contributed by atoms with Crippen molar-refractivity contribution in [2.45, 2.75) is 34.1 Å². The molecule has 0 aromatic rings. The van der Waals surface area contributed by atoms with E-state index >= 15 is 0 Å². The second-order valence-corrected chi connectivity index (χ2v) is 5.57. The van der Waals surface area contributed by atoms with Crippen LogP contribution in [0.4, 0.5) is 0 Å². The summed E-state index contributed by atoms with van der Waals surface area (Å²) in [7, 11) is 0. The molecule has 0 unspecified atom stereocenters. The van der Waals surface area contributed by atoms with E-state index < -0.39 is 0 Å². The summed E-state index contributed by atoms with van der Waals surface area (Å²) >= 11 is 1.46. The van der Waals surface area contributed by atoms with E-state index in [0.717, 1.165) is 18.8 Å². The normalized spacial score (nSPS) is 11.3. The van der Waals surface area contributed by atoms with Crippen molar-refractivity contribution in [3.8, 4) is 0 Å². The third-order valence-corrected chi connectivity index (χ3v) is 2.57. The van der Waals surface area contributed by atoms with E-state index in [2.05, 4.69) is 33.0 Å². The third-order valence-electron chi connectivity index (χ3n) is 1.67. The third kappa shape index (κ3) is 10.1. The molecule has 0 rings (SSSR count). The Labute approximate surface area is 93.7 Å². The summed E-state index contributed by atoms with van der Waals surface area (Å²) in [5.74, 6) is 2.07. The molecule has 14 heavy (non-hydrogen) atoms. The lowest BCUT2D eigenvalue weighted by molar-refractivity contribution is -0.111. The molecular weight excluding hydrogens is 194 g/mol. The van der Waals surface area contributed by atoms with Gasteiger partial charge in [0, 0.05) is 20.1 Å². The van der Waals surface area contributed by atoms with Gasteiger partial charge in [-0.1, -0.05) is 39.5 Å². The van der Waals surface area contributed by atoms with Crippen molar-refractivity contribution in [3.63, 3.8) is 0 Å². The van der Waals surface area contributed by atoms with Gasteiger partial charge >= 0.3 is 0 Å². The number of thioether (sulfide) groups is 1. The van der Waals surface area contributed by atoms with Gasteiger partial charge in [-0.05, 0) is 18.4 Å². The van der Waals surface area contributed by atoms with E-state index in [0.29, 0.717) is 23.4 Å². The van der Waals surface area contributed by atoms with Crippen molar-refractivity contribution in [2.75, 3.05) is 18.8 Å². The standard InChI is InChI=1S/C11H23NOS.H2/c1-9(2)7-11(13)14-6-5-12-8-10(3)4;/h9-10,12H,5-8H2,1-4H3;1H. The van der Waals surface area contributed by atoms with Crippen LogP contribution in [0.1, 0.15) is 35.5 Å². The van der Waals surface area contributed by atoms with E-state index in [1.54, 1.807) is 0 Å². The molecule has 0 bridgehead atoms. The number of carbonyl (C=O) groups excluding carboxylic acids is 1. The highest BCUT2D eigenvalue weighted by atomic mass is 32.2. The van der Waals surface area contributed by atoms with Crippen LogP contribution in [0, 0.1) is 11.8 Å². The van der Waals surface area contributed by atoms with Gasteiger partial charge in [0.15, 0.2) is 5.12 Å². The van der Waals surface area contributed by atoms with Crippen LogP contribution in [0.2, 0.25) is 0 Å². The van der Waals surface area contributed by atoms with Crippen LogP contribution in [0.5, 0.6) is 0 Å². The first-order valence-electron chi connectivity index (χ1n) is 5.38. The minimum Gasteiger partial charge on any atom is -0.316 e. The van der Waals surface area contributed by atoms with Gasteiger partial charge in [-0.2, -0.15) is 0 Å². The maximum absolute atomic E-state index is 11.3. The minimum absolute atomic E-state index is 0. The lowest BCUT2D eigenvalue weighted by Gasteiger charge is -2.07. The summed E-state index contributed by atoms with van der Waals surface area (Å²) in [6.45, 7) is 10.5. The highest BCUT2D eigenvalue weighted by Gasteiger charge is 2.04. The Morgan fingerprint density at radius 2 is 1.93 bits per heavy atom.